The Morgan fingerprint density at radius 1 is 1.50 bits per heavy atom. The van der Waals surface area contributed by atoms with Gasteiger partial charge in [0.15, 0.2) is 0 Å². The van der Waals surface area contributed by atoms with E-state index in [9.17, 15) is 10.2 Å². The summed E-state index contributed by atoms with van der Waals surface area (Å²) in [6.07, 6.45) is 0.594. The molecule has 1 atom stereocenters. The summed E-state index contributed by atoms with van der Waals surface area (Å²) in [5, 5.41) is 18.7. The average molecular weight is 193 g/mol. The van der Waals surface area contributed by atoms with Gasteiger partial charge in [-0.2, -0.15) is 0 Å². The SMILES string of the molecule is C=C(C)C[C@@H](N)c1cc(O)ccc1O. The van der Waals surface area contributed by atoms with Crippen LogP contribution < -0.4 is 5.73 Å². The van der Waals surface area contributed by atoms with E-state index in [1.807, 2.05) is 6.92 Å². The van der Waals surface area contributed by atoms with Gasteiger partial charge in [0, 0.05) is 11.6 Å². The topological polar surface area (TPSA) is 66.5 Å². The molecule has 0 fully saturated rings. The molecule has 0 bridgehead atoms. The summed E-state index contributed by atoms with van der Waals surface area (Å²) < 4.78 is 0. The Labute approximate surface area is 83.5 Å². The van der Waals surface area contributed by atoms with Gasteiger partial charge >= 0.3 is 0 Å². The number of rotatable bonds is 3. The zero-order chi connectivity index (χ0) is 10.7. The number of aromatic hydroxyl groups is 2. The minimum atomic E-state index is -0.320. The van der Waals surface area contributed by atoms with E-state index >= 15 is 0 Å². The molecule has 4 N–H and O–H groups in total. The largest absolute Gasteiger partial charge is 0.508 e. The highest BCUT2D eigenvalue weighted by molar-refractivity contribution is 5.40. The summed E-state index contributed by atoms with van der Waals surface area (Å²) in [7, 11) is 0. The lowest BCUT2D eigenvalue weighted by atomic mass is 10.0. The Kier molecular flexibility index (Phi) is 3.14. The van der Waals surface area contributed by atoms with Crippen molar-refractivity contribution in [2.24, 2.45) is 5.73 Å². The average Bonchev–Trinajstić information content (AvgIpc) is 2.08. The van der Waals surface area contributed by atoms with Crippen molar-refractivity contribution < 1.29 is 10.2 Å². The van der Waals surface area contributed by atoms with Crippen molar-refractivity contribution in [2.75, 3.05) is 0 Å². The third-order valence-electron chi connectivity index (χ3n) is 1.98. The lowest BCUT2D eigenvalue weighted by Gasteiger charge is -2.13. The predicted molar refractivity (Wildman–Crippen MR) is 56.1 cm³/mol. The Morgan fingerprint density at radius 2 is 2.14 bits per heavy atom. The molecule has 3 nitrogen and oxygen atoms in total. The zero-order valence-corrected chi connectivity index (χ0v) is 8.20. The van der Waals surface area contributed by atoms with E-state index in [2.05, 4.69) is 6.58 Å². The second-order valence-electron chi connectivity index (χ2n) is 3.51. The highest BCUT2D eigenvalue weighted by Crippen LogP contribution is 2.29. The highest BCUT2D eigenvalue weighted by atomic mass is 16.3. The van der Waals surface area contributed by atoms with E-state index in [0.29, 0.717) is 12.0 Å². The smallest absolute Gasteiger partial charge is 0.120 e. The van der Waals surface area contributed by atoms with Gasteiger partial charge in [-0.15, -0.1) is 6.58 Å². The van der Waals surface area contributed by atoms with Crippen LogP contribution in [0.4, 0.5) is 0 Å². The Hall–Kier alpha value is -1.48. The highest BCUT2D eigenvalue weighted by Gasteiger charge is 2.11. The van der Waals surface area contributed by atoms with Gasteiger partial charge in [0.25, 0.3) is 0 Å². The number of benzene rings is 1. The molecule has 0 amide bonds. The number of hydrogen-bond acceptors (Lipinski definition) is 3. The third-order valence-corrected chi connectivity index (χ3v) is 1.98. The maximum atomic E-state index is 9.50. The molecule has 0 aromatic heterocycles. The first-order valence-electron chi connectivity index (χ1n) is 4.42. The molecular formula is C11H15NO2. The molecule has 0 aliphatic carbocycles. The minimum Gasteiger partial charge on any atom is -0.508 e. The Bertz CT molecular complexity index is 347. The van der Waals surface area contributed by atoms with E-state index in [0.717, 1.165) is 5.57 Å². The number of phenols is 2. The fourth-order valence-electron chi connectivity index (χ4n) is 1.32. The molecule has 3 heteroatoms. The van der Waals surface area contributed by atoms with E-state index in [1.54, 1.807) is 0 Å². The second-order valence-corrected chi connectivity index (χ2v) is 3.51. The first kappa shape index (κ1) is 10.6. The molecule has 14 heavy (non-hydrogen) atoms. The maximum absolute atomic E-state index is 9.50. The molecule has 0 spiro atoms. The van der Waals surface area contributed by atoms with Crippen molar-refractivity contribution in [1.29, 1.82) is 0 Å². The van der Waals surface area contributed by atoms with Crippen molar-refractivity contribution in [3.63, 3.8) is 0 Å². The monoisotopic (exact) mass is 193 g/mol. The van der Waals surface area contributed by atoms with Gasteiger partial charge in [-0.05, 0) is 31.5 Å². The molecule has 0 saturated heterocycles. The molecule has 0 aliphatic rings. The van der Waals surface area contributed by atoms with Crippen LogP contribution in [0.1, 0.15) is 24.9 Å². The first-order valence-corrected chi connectivity index (χ1v) is 4.42. The van der Waals surface area contributed by atoms with Crippen LogP contribution in [0.3, 0.4) is 0 Å². The lowest BCUT2D eigenvalue weighted by molar-refractivity contribution is 0.448. The van der Waals surface area contributed by atoms with E-state index < -0.39 is 0 Å². The summed E-state index contributed by atoms with van der Waals surface area (Å²) in [6.45, 7) is 5.62. The van der Waals surface area contributed by atoms with Crippen LogP contribution in [0, 0.1) is 0 Å². The van der Waals surface area contributed by atoms with Crippen molar-refractivity contribution in [3.8, 4) is 11.5 Å². The normalized spacial score (nSPS) is 12.4. The zero-order valence-electron chi connectivity index (χ0n) is 8.20. The van der Waals surface area contributed by atoms with Crippen molar-refractivity contribution in [2.45, 2.75) is 19.4 Å². The van der Waals surface area contributed by atoms with Gasteiger partial charge < -0.3 is 15.9 Å². The van der Waals surface area contributed by atoms with Gasteiger partial charge in [0.2, 0.25) is 0 Å². The van der Waals surface area contributed by atoms with Crippen LogP contribution in [-0.4, -0.2) is 10.2 Å². The summed E-state index contributed by atoms with van der Waals surface area (Å²) in [5.74, 6) is 0.214. The first-order chi connectivity index (χ1) is 6.50. The second kappa shape index (κ2) is 4.15. The molecule has 1 aromatic rings. The molecule has 0 aliphatic heterocycles. The van der Waals surface area contributed by atoms with Gasteiger partial charge in [-0.3, -0.25) is 0 Å². The van der Waals surface area contributed by atoms with Crippen molar-refractivity contribution >= 4 is 0 Å². The standard InChI is InChI=1S/C11H15NO2/c1-7(2)5-10(12)9-6-8(13)3-4-11(9)14/h3-4,6,10,13-14H,1,5,12H2,2H3/t10-/m1/s1. The summed E-state index contributed by atoms with van der Waals surface area (Å²) in [5.41, 5.74) is 7.33. The van der Waals surface area contributed by atoms with Gasteiger partial charge in [-0.1, -0.05) is 5.57 Å². The molecule has 0 radical (unpaired) electrons. The fourth-order valence-corrected chi connectivity index (χ4v) is 1.32. The number of phenolic OH excluding ortho intramolecular Hbond substituents is 2. The van der Waals surface area contributed by atoms with Crippen LogP contribution >= 0.6 is 0 Å². The van der Waals surface area contributed by atoms with Gasteiger partial charge in [0.1, 0.15) is 11.5 Å². The number of hydrogen-bond donors (Lipinski definition) is 3. The Morgan fingerprint density at radius 3 is 2.71 bits per heavy atom. The van der Waals surface area contributed by atoms with Crippen molar-refractivity contribution in [1.82, 2.24) is 0 Å². The maximum Gasteiger partial charge on any atom is 0.120 e. The van der Waals surface area contributed by atoms with E-state index in [1.165, 1.54) is 18.2 Å². The summed E-state index contributed by atoms with van der Waals surface area (Å²) >= 11 is 0. The minimum absolute atomic E-state index is 0.106. The molecule has 1 aromatic carbocycles. The fraction of sp³-hybridized carbons (Fsp3) is 0.273. The summed E-state index contributed by atoms with van der Waals surface area (Å²) in [6, 6.07) is 4.01. The summed E-state index contributed by atoms with van der Waals surface area (Å²) in [4.78, 5) is 0. The van der Waals surface area contributed by atoms with Crippen LogP contribution in [0.2, 0.25) is 0 Å². The quantitative estimate of drug-likeness (QED) is 0.508. The van der Waals surface area contributed by atoms with E-state index in [4.69, 9.17) is 5.73 Å². The van der Waals surface area contributed by atoms with Gasteiger partial charge in [-0.25, -0.2) is 0 Å². The third kappa shape index (κ3) is 2.50. The molecule has 0 heterocycles. The molecule has 0 unspecified atom stereocenters. The van der Waals surface area contributed by atoms with Gasteiger partial charge in [0.05, 0.1) is 0 Å². The predicted octanol–water partition coefficient (Wildman–Crippen LogP) is 2.06. The van der Waals surface area contributed by atoms with Crippen LogP contribution in [-0.2, 0) is 0 Å². The molecular weight excluding hydrogens is 178 g/mol. The lowest BCUT2D eigenvalue weighted by Crippen LogP contribution is -2.10. The van der Waals surface area contributed by atoms with Crippen molar-refractivity contribution in [3.05, 3.63) is 35.9 Å². The molecule has 76 valence electrons. The molecule has 0 saturated carbocycles. The molecule has 1 rings (SSSR count). The van der Waals surface area contributed by atoms with Crippen LogP contribution in [0.15, 0.2) is 30.4 Å². The van der Waals surface area contributed by atoms with E-state index in [-0.39, 0.29) is 17.5 Å². The number of nitrogens with two attached hydrogens (primary N) is 1. The Balaban J connectivity index is 2.93. The van der Waals surface area contributed by atoms with Crippen LogP contribution in [0.5, 0.6) is 11.5 Å². The van der Waals surface area contributed by atoms with Crippen LogP contribution in [0.25, 0.3) is 0 Å².